The molecular weight excluding hydrogens is 224 g/mol. The topological polar surface area (TPSA) is 42.9 Å². The third-order valence-corrected chi connectivity index (χ3v) is 3.04. The fraction of sp³-hybridized carbons (Fsp3) is 0.667. The first-order chi connectivity index (χ1) is 8.74. The van der Waals surface area contributed by atoms with Crippen LogP contribution in [0.4, 0.5) is 0 Å². The summed E-state index contributed by atoms with van der Waals surface area (Å²) in [5.41, 5.74) is 0.988. The number of aryl methyl sites for hydroxylation is 1. The molecule has 3 nitrogen and oxygen atoms in total. The number of ketones is 1. The average Bonchev–Trinajstić information content (AvgIpc) is 2.38. The van der Waals surface area contributed by atoms with Crippen LogP contribution in [0, 0.1) is 6.92 Å². The summed E-state index contributed by atoms with van der Waals surface area (Å²) in [4.78, 5) is 19.9. The lowest BCUT2D eigenvalue weighted by atomic mass is 10.1. The maximum absolute atomic E-state index is 11.8. The molecule has 0 atom stereocenters. The van der Waals surface area contributed by atoms with Gasteiger partial charge in [0.05, 0.1) is 0 Å². The summed E-state index contributed by atoms with van der Waals surface area (Å²) in [6.07, 6.45) is 12.5. The molecule has 100 valence electrons. The molecule has 0 bridgehead atoms. The van der Waals surface area contributed by atoms with E-state index in [4.69, 9.17) is 0 Å². The van der Waals surface area contributed by atoms with E-state index in [1.807, 2.05) is 6.92 Å². The lowest BCUT2D eigenvalue weighted by Gasteiger charge is -2.01. The predicted octanol–water partition coefficient (Wildman–Crippen LogP) is 4.11. The normalized spacial score (nSPS) is 10.6. The molecule has 18 heavy (non-hydrogen) atoms. The van der Waals surface area contributed by atoms with Gasteiger partial charge in [-0.05, 0) is 18.9 Å². The van der Waals surface area contributed by atoms with Crippen LogP contribution in [0.5, 0.6) is 0 Å². The Bertz CT molecular complexity index is 346. The number of Topliss-reactive ketones (excluding diaryl/α,β-unsaturated/α-hetero) is 1. The van der Waals surface area contributed by atoms with Crippen molar-refractivity contribution in [2.24, 2.45) is 0 Å². The first-order valence-electron chi connectivity index (χ1n) is 7.06. The van der Waals surface area contributed by atoms with Crippen LogP contribution in [-0.4, -0.2) is 15.8 Å². The zero-order chi connectivity index (χ0) is 13.2. The molecule has 0 aliphatic carbocycles. The number of carbonyl (C=O) groups is 1. The molecule has 0 saturated carbocycles. The van der Waals surface area contributed by atoms with E-state index in [0.29, 0.717) is 12.2 Å². The minimum absolute atomic E-state index is 0.0727. The van der Waals surface area contributed by atoms with E-state index in [0.717, 1.165) is 18.4 Å². The SMILES string of the molecule is CCCCCCCCCC(=O)c1ncc(C)cn1. The lowest BCUT2D eigenvalue weighted by Crippen LogP contribution is -2.05. The molecule has 3 heteroatoms. The van der Waals surface area contributed by atoms with Crippen molar-refractivity contribution in [2.45, 2.75) is 65.2 Å². The maximum Gasteiger partial charge on any atom is 0.200 e. The fourth-order valence-electron chi connectivity index (χ4n) is 1.89. The molecule has 0 fully saturated rings. The van der Waals surface area contributed by atoms with E-state index < -0.39 is 0 Å². The largest absolute Gasteiger partial charge is 0.291 e. The molecule has 0 unspecified atom stereocenters. The second kappa shape index (κ2) is 8.78. The van der Waals surface area contributed by atoms with Crippen LogP contribution in [0.3, 0.4) is 0 Å². The highest BCUT2D eigenvalue weighted by Crippen LogP contribution is 2.09. The highest BCUT2D eigenvalue weighted by Gasteiger charge is 2.07. The number of aromatic nitrogens is 2. The minimum Gasteiger partial charge on any atom is -0.291 e. The molecule has 0 N–H and O–H groups in total. The Morgan fingerprint density at radius 1 is 1.00 bits per heavy atom. The third-order valence-electron chi connectivity index (χ3n) is 3.04. The smallest absolute Gasteiger partial charge is 0.200 e. The van der Waals surface area contributed by atoms with Gasteiger partial charge < -0.3 is 0 Å². The van der Waals surface area contributed by atoms with Gasteiger partial charge in [-0.1, -0.05) is 45.4 Å². The summed E-state index contributed by atoms with van der Waals surface area (Å²) in [5, 5.41) is 0. The molecule has 0 spiro atoms. The summed E-state index contributed by atoms with van der Waals surface area (Å²) >= 11 is 0. The number of hydrogen-bond donors (Lipinski definition) is 0. The van der Waals surface area contributed by atoms with E-state index in [9.17, 15) is 4.79 Å². The Kier molecular flexibility index (Phi) is 7.23. The Hall–Kier alpha value is -1.25. The van der Waals surface area contributed by atoms with Crippen molar-refractivity contribution in [1.29, 1.82) is 0 Å². The van der Waals surface area contributed by atoms with Crippen LogP contribution in [0.1, 0.15) is 74.5 Å². The Morgan fingerprint density at radius 3 is 2.17 bits per heavy atom. The predicted molar refractivity (Wildman–Crippen MR) is 73.7 cm³/mol. The van der Waals surface area contributed by atoms with E-state index in [2.05, 4.69) is 16.9 Å². The van der Waals surface area contributed by atoms with Crippen LogP contribution in [0.25, 0.3) is 0 Å². The molecule has 0 aliphatic heterocycles. The molecule has 0 saturated heterocycles. The van der Waals surface area contributed by atoms with E-state index >= 15 is 0 Å². The van der Waals surface area contributed by atoms with Crippen molar-refractivity contribution in [3.8, 4) is 0 Å². The van der Waals surface area contributed by atoms with Gasteiger partial charge in [0.15, 0.2) is 11.6 Å². The van der Waals surface area contributed by atoms with Crippen molar-refractivity contribution < 1.29 is 4.79 Å². The van der Waals surface area contributed by atoms with Crippen LogP contribution in [0.2, 0.25) is 0 Å². The van der Waals surface area contributed by atoms with Gasteiger partial charge in [0.25, 0.3) is 0 Å². The summed E-state index contributed by atoms with van der Waals surface area (Å²) in [6, 6.07) is 0. The zero-order valence-corrected chi connectivity index (χ0v) is 11.6. The highest BCUT2D eigenvalue weighted by molar-refractivity contribution is 5.92. The Labute approximate surface area is 110 Å². The molecule has 0 aromatic carbocycles. The highest BCUT2D eigenvalue weighted by atomic mass is 16.1. The third kappa shape index (κ3) is 5.89. The monoisotopic (exact) mass is 248 g/mol. The van der Waals surface area contributed by atoms with Gasteiger partial charge in [0, 0.05) is 18.8 Å². The standard InChI is InChI=1S/C15H24N2O/c1-3-4-5-6-7-8-9-10-14(18)15-16-11-13(2)12-17-15/h11-12H,3-10H2,1-2H3. The zero-order valence-electron chi connectivity index (χ0n) is 11.6. The number of rotatable bonds is 9. The second-order valence-corrected chi connectivity index (χ2v) is 4.88. The lowest BCUT2D eigenvalue weighted by molar-refractivity contribution is 0.0969. The van der Waals surface area contributed by atoms with Gasteiger partial charge in [0.2, 0.25) is 0 Å². The van der Waals surface area contributed by atoms with Gasteiger partial charge in [0.1, 0.15) is 0 Å². The number of hydrogen-bond acceptors (Lipinski definition) is 3. The van der Waals surface area contributed by atoms with Gasteiger partial charge in [-0.25, -0.2) is 9.97 Å². The molecule has 1 heterocycles. The summed E-state index contributed by atoms with van der Waals surface area (Å²) < 4.78 is 0. The second-order valence-electron chi connectivity index (χ2n) is 4.88. The molecule has 1 rings (SSSR count). The summed E-state index contributed by atoms with van der Waals surface area (Å²) in [6.45, 7) is 4.14. The van der Waals surface area contributed by atoms with Crippen molar-refractivity contribution in [1.82, 2.24) is 9.97 Å². The van der Waals surface area contributed by atoms with Gasteiger partial charge in [-0.3, -0.25) is 4.79 Å². The van der Waals surface area contributed by atoms with Crippen LogP contribution >= 0.6 is 0 Å². The molecule has 0 aliphatic rings. The number of nitrogens with zero attached hydrogens (tertiary/aromatic N) is 2. The van der Waals surface area contributed by atoms with Gasteiger partial charge in [-0.2, -0.15) is 0 Å². The van der Waals surface area contributed by atoms with Gasteiger partial charge >= 0.3 is 0 Å². The molecular formula is C15H24N2O. The first-order valence-corrected chi connectivity index (χ1v) is 7.06. The molecule has 1 aromatic rings. The number of carbonyl (C=O) groups excluding carboxylic acids is 1. The summed E-state index contributed by atoms with van der Waals surface area (Å²) in [5.74, 6) is 0.440. The average molecular weight is 248 g/mol. The minimum atomic E-state index is 0.0727. The molecule has 0 amide bonds. The summed E-state index contributed by atoms with van der Waals surface area (Å²) in [7, 11) is 0. The van der Waals surface area contributed by atoms with E-state index in [-0.39, 0.29) is 5.78 Å². The van der Waals surface area contributed by atoms with Crippen molar-refractivity contribution in [2.75, 3.05) is 0 Å². The first kappa shape index (κ1) is 14.8. The molecule has 1 aromatic heterocycles. The number of unbranched alkanes of at least 4 members (excludes halogenated alkanes) is 6. The van der Waals surface area contributed by atoms with E-state index in [1.165, 1.54) is 32.1 Å². The molecule has 0 radical (unpaired) electrons. The van der Waals surface area contributed by atoms with Crippen molar-refractivity contribution >= 4 is 5.78 Å². The van der Waals surface area contributed by atoms with Gasteiger partial charge in [-0.15, -0.1) is 0 Å². The maximum atomic E-state index is 11.8. The van der Waals surface area contributed by atoms with Crippen molar-refractivity contribution in [3.63, 3.8) is 0 Å². The van der Waals surface area contributed by atoms with E-state index in [1.54, 1.807) is 12.4 Å². The Balaban J connectivity index is 2.12. The Morgan fingerprint density at radius 2 is 1.56 bits per heavy atom. The van der Waals surface area contributed by atoms with Crippen LogP contribution in [-0.2, 0) is 0 Å². The van der Waals surface area contributed by atoms with Crippen molar-refractivity contribution in [3.05, 3.63) is 23.8 Å². The quantitative estimate of drug-likeness (QED) is 0.488. The van der Waals surface area contributed by atoms with Crippen LogP contribution in [0.15, 0.2) is 12.4 Å². The fourth-order valence-corrected chi connectivity index (χ4v) is 1.89. The van der Waals surface area contributed by atoms with Crippen LogP contribution < -0.4 is 0 Å².